The first-order valence-electron chi connectivity index (χ1n) is 7.81. The Morgan fingerprint density at radius 1 is 1.21 bits per heavy atom. The molecule has 0 spiro atoms. The Morgan fingerprint density at radius 3 is 2.46 bits per heavy atom. The fourth-order valence-corrected chi connectivity index (χ4v) is 2.91. The second kappa shape index (κ2) is 9.27. The van der Waals surface area contributed by atoms with Gasteiger partial charge in [-0.2, -0.15) is 0 Å². The van der Waals surface area contributed by atoms with Crippen LogP contribution in [0.5, 0.6) is 0 Å². The van der Waals surface area contributed by atoms with Gasteiger partial charge in [-0.1, -0.05) is 25.5 Å². The SMILES string of the molecule is CCCCNC(=O)CN(c1ccccc1C(=O)OCC)S(C)(=O)=O. The van der Waals surface area contributed by atoms with E-state index in [1.807, 2.05) is 6.92 Å². The number of ether oxygens (including phenoxy) is 1. The van der Waals surface area contributed by atoms with E-state index in [0.717, 1.165) is 23.4 Å². The summed E-state index contributed by atoms with van der Waals surface area (Å²) in [6.07, 6.45) is 2.72. The molecule has 134 valence electrons. The first kappa shape index (κ1) is 20.0. The number of hydrogen-bond acceptors (Lipinski definition) is 5. The van der Waals surface area contributed by atoms with Crippen LogP contribution < -0.4 is 9.62 Å². The number of sulfonamides is 1. The number of unbranched alkanes of at least 4 members (excludes halogenated alkanes) is 1. The lowest BCUT2D eigenvalue weighted by atomic mass is 10.2. The van der Waals surface area contributed by atoms with E-state index in [-0.39, 0.29) is 24.4 Å². The van der Waals surface area contributed by atoms with Crippen LogP contribution in [0.1, 0.15) is 37.0 Å². The highest BCUT2D eigenvalue weighted by atomic mass is 32.2. The number of hydrogen-bond donors (Lipinski definition) is 1. The molecule has 7 nitrogen and oxygen atoms in total. The fraction of sp³-hybridized carbons (Fsp3) is 0.500. The van der Waals surface area contributed by atoms with Crippen LogP contribution >= 0.6 is 0 Å². The Kier molecular flexibility index (Phi) is 7.70. The highest BCUT2D eigenvalue weighted by Crippen LogP contribution is 2.23. The largest absolute Gasteiger partial charge is 0.462 e. The Balaban J connectivity index is 3.10. The predicted octanol–water partition coefficient (Wildman–Crippen LogP) is 1.55. The standard InChI is InChI=1S/C16H24N2O5S/c1-4-6-11-17-15(19)12-18(24(3,21)22)14-10-8-7-9-13(14)16(20)23-5-2/h7-10H,4-6,11-12H2,1-3H3,(H,17,19). The number of esters is 1. The molecule has 0 heterocycles. The number of nitrogens with zero attached hydrogens (tertiary/aromatic N) is 1. The van der Waals surface area contributed by atoms with Crippen molar-refractivity contribution in [2.75, 3.05) is 30.3 Å². The molecule has 0 saturated heterocycles. The van der Waals surface area contributed by atoms with Crippen molar-refractivity contribution < 1.29 is 22.7 Å². The molecule has 0 radical (unpaired) electrons. The van der Waals surface area contributed by atoms with Crippen molar-refractivity contribution in [1.29, 1.82) is 0 Å². The van der Waals surface area contributed by atoms with Crippen molar-refractivity contribution in [3.8, 4) is 0 Å². The van der Waals surface area contributed by atoms with Crippen molar-refractivity contribution in [2.45, 2.75) is 26.7 Å². The van der Waals surface area contributed by atoms with Gasteiger partial charge in [0.2, 0.25) is 15.9 Å². The molecule has 1 aromatic carbocycles. The number of carbonyl (C=O) groups excluding carboxylic acids is 2. The molecule has 1 aromatic rings. The van der Waals surface area contributed by atoms with E-state index >= 15 is 0 Å². The normalized spacial score (nSPS) is 11.0. The maximum absolute atomic E-state index is 12.1. The van der Waals surface area contributed by atoms with Crippen molar-refractivity contribution in [2.24, 2.45) is 0 Å². The summed E-state index contributed by atoms with van der Waals surface area (Å²) in [4.78, 5) is 24.1. The molecule has 24 heavy (non-hydrogen) atoms. The van der Waals surface area contributed by atoms with Crippen LogP contribution in [0.3, 0.4) is 0 Å². The zero-order chi connectivity index (χ0) is 18.2. The first-order valence-corrected chi connectivity index (χ1v) is 9.66. The highest BCUT2D eigenvalue weighted by Gasteiger charge is 2.25. The fourth-order valence-electron chi connectivity index (χ4n) is 2.04. The summed E-state index contributed by atoms with van der Waals surface area (Å²) in [6.45, 7) is 3.91. The summed E-state index contributed by atoms with van der Waals surface area (Å²) in [6, 6.07) is 6.16. The molecule has 1 N–H and O–H groups in total. The minimum atomic E-state index is -3.75. The number of para-hydroxylation sites is 1. The molecule has 0 atom stereocenters. The van der Waals surface area contributed by atoms with E-state index in [1.165, 1.54) is 12.1 Å². The van der Waals surface area contributed by atoms with Gasteiger partial charge in [-0.15, -0.1) is 0 Å². The van der Waals surface area contributed by atoms with Crippen molar-refractivity contribution >= 4 is 27.6 Å². The second-order valence-electron chi connectivity index (χ2n) is 5.21. The van der Waals surface area contributed by atoms with Crippen molar-refractivity contribution in [3.63, 3.8) is 0 Å². The van der Waals surface area contributed by atoms with Crippen LogP contribution in [0.15, 0.2) is 24.3 Å². The topological polar surface area (TPSA) is 92.8 Å². The molecule has 0 unspecified atom stereocenters. The average molecular weight is 356 g/mol. The third-order valence-electron chi connectivity index (χ3n) is 3.21. The molecule has 0 fully saturated rings. The molecule has 0 bridgehead atoms. The third-order valence-corrected chi connectivity index (χ3v) is 4.33. The Morgan fingerprint density at radius 2 is 1.88 bits per heavy atom. The van der Waals surface area contributed by atoms with Crippen LogP contribution in [0.2, 0.25) is 0 Å². The molecule has 8 heteroatoms. The summed E-state index contributed by atoms with van der Waals surface area (Å²) >= 11 is 0. The molecule has 0 aromatic heterocycles. The lowest BCUT2D eigenvalue weighted by Crippen LogP contribution is -2.41. The maximum atomic E-state index is 12.1. The third kappa shape index (κ3) is 5.84. The Labute approximate surface area is 143 Å². The average Bonchev–Trinajstić information content (AvgIpc) is 2.52. The number of amides is 1. The van der Waals surface area contributed by atoms with E-state index in [0.29, 0.717) is 6.54 Å². The van der Waals surface area contributed by atoms with Gasteiger partial charge in [0.15, 0.2) is 0 Å². The van der Waals surface area contributed by atoms with Crippen molar-refractivity contribution in [3.05, 3.63) is 29.8 Å². The molecule has 0 aliphatic rings. The molecule has 0 saturated carbocycles. The summed E-state index contributed by atoms with van der Waals surface area (Å²) in [5, 5.41) is 2.67. The van der Waals surface area contributed by atoms with Gasteiger partial charge >= 0.3 is 5.97 Å². The predicted molar refractivity (Wildman–Crippen MR) is 92.5 cm³/mol. The number of nitrogens with one attached hydrogen (secondary N) is 1. The lowest BCUT2D eigenvalue weighted by molar-refractivity contribution is -0.119. The first-order chi connectivity index (χ1) is 11.3. The zero-order valence-electron chi connectivity index (χ0n) is 14.2. The van der Waals surface area contributed by atoms with E-state index < -0.39 is 21.9 Å². The number of rotatable bonds is 9. The Bertz CT molecular complexity index is 673. The van der Waals surface area contributed by atoms with Gasteiger partial charge in [-0.05, 0) is 25.5 Å². The van der Waals surface area contributed by atoms with Crippen LogP contribution in [0.25, 0.3) is 0 Å². The molecular formula is C16H24N2O5S. The van der Waals surface area contributed by atoms with Gasteiger partial charge in [-0.3, -0.25) is 9.10 Å². The lowest BCUT2D eigenvalue weighted by Gasteiger charge is -2.23. The van der Waals surface area contributed by atoms with Gasteiger partial charge < -0.3 is 10.1 Å². The molecule has 0 aliphatic carbocycles. The van der Waals surface area contributed by atoms with Gasteiger partial charge in [-0.25, -0.2) is 13.2 Å². The summed E-state index contributed by atoms with van der Waals surface area (Å²) < 4.78 is 30.1. The molecule has 1 amide bonds. The van der Waals surface area contributed by atoms with E-state index in [9.17, 15) is 18.0 Å². The van der Waals surface area contributed by atoms with Crippen LogP contribution in [0.4, 0.5) is 5.69 Å². The van der Waals surface area contributed by atoms with Gasteiger partial charge in [0, 0.05) is 6.54 Å². The summed E-state index contributed by atoms with van der Waals surface area (Å²) in [5.74, 6) is -1.05. The van der Waals surface area contributed by atoms with E-state index in [1.54, 1.807) is 19.1 Å². The zero-order valence-corrected chi connectivity index (χ0v) is 15.1. The molecular weight excluding hydrogens is 332 g/mol. The maximum Gasteiger partial charge on any atom is 0.340 e. The van der Waals surface area contributed by atoms with Gasteiger partial charge in [0.05, 0.1) is 24.1 Å². The number of benzene rings is 1. The number of carbonyl (C=O) groups is 2. The highest BCUT2D eigenvalue weighted by molar-refractivity contribution is 7.92. The minimum Gasteiger partial charge on any atom is -0.462 e. The summed E-state index contributed by atoms with van der Waals surface area (Å²) in [5.41, 5.74) is 0.232. The van der Waals surface area contributed by atoms with E-state index in [4.69, 9.17) is 4.74 Å². The Hall–Kier alpha value is -2.09. The van der Waals surface area contributed by atoms with Crippen LogP contribution in [0, 0.1) is 0 Å². The van der Waals surface area contributed by atoms with Gasteiger partial charge in [0.25, 0.3) is 0 Å². The van der Waals surface area contributed by atoms with E-state index in [2.05, 4.69) is 5.32 Å². The monoisotopic (exact) mass is 356 g/mol. The smallest absolute Gasteiger partial charge is 0.340 e. The van der Waals surface area contributed by atoms with Crippen LogP contribution in [-0.4, -0.2) is 46.2 Å². The van der Waals surface area contributed by atoms with Crippen molar-refractivity contribution in [1.82, 2.24) is 5.32 Å². The number of anilines is 1. The van der Waals surface area contributed by atoms with Crippen LogP contribution in [-0.2, 0) is 19.6 Å². The molecule has 1 rings (SSSR count). The molecule has 0 aliphatic heterocycles. The summed E-state index contributed by atoms with van der Waals surface area (Å²) in [7, 11) is -3.75. The van der Waals surface area contributed by atoms with Gasteiger partial charge in [0.1, 0.15) is 6.54 Å². The minimum absolute atomic E-state index is 0.103. The second-order valence-corrected chi connectivity index (χ2v) is 7.12. The quantitative estimate of drug-likeness (QED) is 0.535.